The fourth-order valence-electron chi connectivity index (χ4n) is 3.12. The van der Waals surface area contributed by atoms with Gasteiger partial charge in [0.25, 0.3) is 0 Å². The maximum Gasteiger partial charge on any atom is 0.106 e. The highest BCUT2D eigenvalue weighted by Crippen LogP contribution is 2.41. The van der Waals surface area contributed by atoms with Crippen LogP contribution in [0.2, 0.25) is 0 Å². The van der Waals surface area contributed by atoms with Crippen molar-refractivity contribution < 1.29 is 9.84 Å². The number of hydrogen-bond donors (Lipinski definition) is 2. The van der Waals surface area contributed by atoms with Crippen LogP contribution in [0.15, 0.2) is 24.5 Å². The Morgan fingerprint density at radius 3 is 2.56 bits per heavy atom. The Balaban J connectivity index is 0.000000169. The molecule has 2 aliphatic heterocycles. The van der Waals surface area contributed by atoms with Crippen molar-refractivity contribution in [2.24, 2.45) is 5.41 Å². The van der Waals surface area contributed by atoms with Gasteiger partial charge >= 0.3 is 0 Å². The Hall–Kier alpha value is -0.800. The van der Waals surface area contributed by atoms with Crippen LogP contribution in [-0.2, 0) is 4.74 Å². The molecular formula is C15H25NO2. The molecule has 0 aromatic heterocycles. The predicted octanol–water partition coefficient (Wildman–Crippen LogP) is 2.38. The van der Waals surface area contributed by atoms with Crippen molar-refractivity contribution in [2.75, 3.05) is 19.7 Å². The molecule has 0 aromatic carbocycles. The van der Waals surface area contributed by atoms with E-state index in [0.717, 1.165) is 26.1 Å². The van der Waals surface area contributed by atoms with Gasteiger partial charge in [-0.3, -0.25) is 0 Å². The average molecular weight is 251 g/mol. The highest BCUT2D eigenvalue weighted by atomic mass is 16.5. The van der Waals surface area contributed by atoms with E-state index >= 15 is 0 Å². The first kappa shape index (κ1) is 13.6. The van der Waals surface area contributed by atoms with Crippen LogP contribution in [0.25, 0.3) is 0 Å². The number of rotatable bonds is 0. The van der Waals surface area contributed by atoms with Gasteiger partial charge in [0, 0.05) is 12.0 Å². The lowest BCUT2D eigenvalue weighted by Crippen LogP contribution is -2.49. The van der Waals surface area contributed by atoms with Gasteiger partial charge in [-0.1, -0.05) is 18.9 Å². The van der Waals surface area contributed by atoms with E-state index in [1.807, 2.05) is 18.2 Å². The monoisotopic (exact) mass is 251 g/mol. The van der Waals surface area contributed by atoms with Gasteiger partial charge < -0.3 is 15.2 Å². The summed E-state index contributed by atoms with van der Waals surface area (Å²) in [5.74, 6) is 0. The second kappa shape index (κ2) is 6.95. The average Bonchev–Trinajstić information content (AvgIpc) is 2.46. The summed E-state index contributed by atoms with van der Waals surface area (Å²) in [5.41, 5.74) is 0.260. The summed E-state index contributed by atoms with van der Waals surface area (Å²) in [6, 6.07) is 0. The number of aliphatic hydroxyl groups excluding tert-OH is 1. The van der Waals surface area contributed by atoms with Gasteiger partial charge in [0.15, 0.2) is 0 Å². The first-order valence-corrected chi connectivity index (χ1v) is 7.16. The van der Waals surface area contributed by atoms with Crippen molar-refractivity contribution in [1.82, 2.24) is 5.32 Å². The molecule has 2 N–H and O–H groups in total. The molecule has 2 fully saturated rings. The van der Waals surface area contributed by atoms with Crippen LogP contribution in [0.4, 0.5) is 0 Å². The quantitative estimate of drug-likeness (QED) is 0.694. The molecule has 0 unspecified atom stereocenters. The minimum absolute atomic E-state index is 0.0287. The van der Waals surface area contributed by atoms with Crippen molar-refractivity contribution in [3.05, 3.63) is 24.5 Å². The Bertz CT molecular complexity index is 273. The minimum atomic E-state index is -0.0287. The van der Waals surface area contributed by atoms with Crippen LogP contribution < -0.4 is 5.32 Å². The van der Waals surface area contributed by atoms with Gasteiger partial charge in [-0.25, -0.2) is 0 Å². The summed E-state index contributed by atoms with van der Waals surface area (Å²) >= 11 is 0. The van der Waals surface area contributed by atoms with Crippen molar-refractivity contribution in [1.29, 1.82) is 0 Å². The number of aliphatic hydroxyl groups is 1. The van der Waals surface area contributed by atoms with Gasteiger partial charge in [-0.15, -0.1) is 0 Å². The zero-order chi connectivity index (χ0) is 12.7. The lowest BCUT2D eigenvalue weighted by atomic mass is 9.68. The molecule has 102 valence electrons. The molecular weight excluding hydrogens is 226 g/mol. The van der Waals surface area contributed by atoms with Gasteiger partial charge in [0.1, 0.15) is 6.61 Å². The molecule has 0 radical (unpaired) electrons. The third-order valence-electron chi connectivity index (χ3n) is 4.23. The normalized spacial score (nSPS) is 34.6. The number of nitrogens with one attached hydrogen (secondary N) is 1. The van der Waals surface area contributed by atoms with Crippen LogP contribution in [0.5, 0.6) is 0 Å². The minimum Gasteiger partial charge on any atom is -0.497 e. The molecule has 1 saturated heterocycles. The summed E-state index contributed by atoms with van der Waals surface area (Å²) in [4.78, 5) is 0. The molecule has 3 heteroatoms. The fraction of sp³-hybridized carbons (Fsp3) is 0.733. The summed E-state index contributed by atoms with van der Waals surface area (Å²) in [7, 11) is 0. The Morgan fingerprint density at radius 1 is 1.17 bits per heavy atom. The van der Waals surface area contributed by atoms with E-state index in [0.29, 0.717) is 0 Å². The first-order valence-electron chi connectivity index (χ1n) is 7.16. The second-order valence-electron chi connectivity index (χ2n) is 5.49. The van der Waals surface area contributed by atoms with E-state index < -0.39 is 0 Å². The molecule has 0 amide bonds. The Kier molecular flexibility index (Phi) is 5.26. The van der Waals surface area contributed by atoms with E-state index in [1.165, 1.54) is 32.1 Å². The molecule has 0 bridgehead atoms. The molecule has 1 aliphatic carbocycles. The number of hydrogen-bond acceptors (Lipinski definition) is 3. The molecule has 3 nitrogen and oxygen atoms in total. The van der Waals surface area contributed by atoms with Crippen molar-refractivity contribution >= 4 is 0 Å². The van der Waals surface area contributed by atoms with E-state index in [4.69, 9.17) is 4.74 Å². The summed E-state index contributed by atoms with van der Waals surface area (Å²) in [6.45, 7) is 2.93. The van der Waals surface area contributed by atoms with E-state index in [1.54, 1.807) is 6.26 Å². The van der Waals surface area contributed by atoms with Crippen molar-refractivity contribution in [3.63, 3.8) is 0 Å². The summed E-state index contributed by atoms with van der Waals surface area (Å²) < 4.78 is 4.80. The van der Waals surface area contributed by atoms with Gasteiger partial charge in [-0.2, -0.15) is 0 Å². The van der Waals surface area contributed by atoms with Gasteiger partial charge in [0.05, 0.1) is 12.4 Å². The maximum atomic E-state index is 9.94. The number of allylic oxidation sites excluding steroid dienone is 2. The predicted molar refractivity (Wildman–Crippen MR) is 73.2 cm³/mol. The molecule has 2 heterocycles. The summed E-state index contributed by atoms with van der Waals surface area (Å²) in [5, 5.41) is 13.4. The number of piperidine rings is 1. The zero-order valence-corrected chi connectivity index (χ0v) is 11.1. The number of ether oxygens (including phenoxy) is 1. The highest BCUT2D eigenvalue weighted by Gasteiger charge is 2.40. The smallest absolute Gasteiger partial charge is 0.106 e. The maximum absolute atomic E-state index is 9.94. The highest BCUT2D eigenvalue weighted by molar-refractivity contribution is 5.03. The van der Waals surface area contributed by atoms with Crippen LogP contribution in [0.1, 0.15) is 38.5 Å². The Labute approximate surface area is 110 Å². The van der Waals surface area contributed by atoms with Crippen LogP contribution in [0.3, 0.4) is 0 Å². The molecule has 0 aromatic rings. The molecule has 1 saturated carbocycles. The van der Waals surface area contributed by atoms with E-state index in [-0.39, 0.29) is 11.5 Å². The molecule has 3 aliphatic rings. The van der Waals surface area contributed by atoms with Crippen LogP contribution >= 0.6 is 0 Å². The lowest BCUT2D eigenvalue weighted by molar-refractivity contribution is -0.0271. The summed E-state index contributed by atoms with van der Waals surface area (Å²) in [6.07, 6.45) is 14.7. The lowest BCUT2D eigenvalue weighted by Gasteiger charge is -2.44. The van der Waals surface area contributed by atoms with E-state index in [9.17, 15) is 5.11 Å². The molecule has 18 heavy (non-hydrogen) atoms. The van der Waals surface area contributed by atoms with Crippen molar-refractivity contribution in [3.8, 4) is 0 Å². The zero-order valence-electron chi connectivity index (χ0n) is 11.1. The SMILES string of the molecule is C1=CCOC=C1.O[C@@H]1CCCC[C@@]12CCCNC2. The fourth-order valence-corrected chi connectivity index (χ4v) is 3.12. The molecule has 3 rings (SSSR count). The second-order valence-corrected chi connectivity index (χ2v) is 5.49. The standard InChI is InChI=1S/C10H19NO.C5H6O/c12-9-4-1-2-5-10(9)6-3-7-11-8-10;1-2-4-6-5-3-1/h9,11-12H,1-8H2;1-4H,5H2/t9-,10+;/m1./s1. The van der Waals surface area contributed by atoms with Crippen molar-refractivity contribution in [2.45, 2.75) is 44.6 Å². The van der Waals surface area contributed by atoms with E-state index in [2.05, 4.69) is 5.32 Å². The van der Waals surface area contributed by atoms with Crippen LogP contribution in [0, 0.1) is 5.41 Å². The third-order valence-corrected chi connectivity index (χ3v) is 4.23. The topological polar surface area (TPSA) is 41.5 Å². The van der Waals surface area contributed by atoms with Gasteiger partial charge in [0.2, 0.25) is 0 Å². The Morgan fingerprint density at radius 2 is 2.06 bits per heavy atom. The van der Waals surface area contributed by atoms with Gasteiger partial charge in [-0.05, 0) is 44.4 Å². The largest absolute Gasteiger partial charge is 0.497 e. The van der Waals surface area contributed by atoms with Crippen LogP contribution in [-0.4, -0.2) is 30.9 Å². The molecule has 1 spiro atoms. The molecule has 2 atom stereocenters. The first-order chi connectivity index (χ1) is 8.83. The third kappa shape index (κ3) is 3.59.